The fraction of sp³-hybridized carbons (Fsp3) is 0.750. The van der Waals surface area contributed by atoms with Crippen LogP contribution >= 0.6 is 0 Å². The summed E-state index contributed by atoms with van der Waals surface area (Å²) in [6.45, 7) is 4.62. The second-order valence-electron chi connectivity index (χ2n) is 3.30. The van der Waals surface area contributed by atoms with E-state index in [1.165, 1.54) is 0 Å². The van der Waals surface area contributed by atoms with Gasteiger partial charge in [0.1, 0.15) is 0 Å². The first kappa shape index (κ1) is 7.76. The molecule has 10 heavy (non-hydrogen) atoms. The van der Waals surface area contributed by atoms with E-state index < -0.39 is 5.60 Å². The van der Waals surface area contributed by atoms with Crippen LogP contribution in [0.25, 0.3) is 0 Å². The van der Waals surface area contributed by atoms with Crippen LogP contribution in [0, 0.1) is 0 Å². The standard InChI is InChI=1S/C8H15NO/c1-8(2,10)7-5-3-4-6-9-7/h3,5,7,9-10H,4,6H2,1-2H3. The van der Waals surface area contributed by atoms with Gasteiger partial charge in [-0.15, -0.1) is 0 Å². The Morgan fingerprint density at radius 1 is 1.60 bits per heavy atom. The van der Waals surface area contributed by atoms with Crippen molar-refractivity contribution in [3.05, 3.63) is 12.2 Å². The number of nitrogens with one attached hydrogen (secondary N) is 1. The van der Waals surface area contributed by atoms with Crippen LogP contribution in [0.2, 0.25) is 0 Å². The molecule has 0 aromatic carbocycles. The molecular weight excluding hydrogens is 126 g/mol. The Balaban J connectivity index is 2.55. The van der Waals surface area contributed by atoms with Gasteiger partial charge < -0.3 is 10.4 Å². The summed E-state index contributed by atoms with van der Waals surface area (Å²) in [7, 11) is 0. The lowest BCUT2D eigenvalue weighted by molar-refractivity contribution is 0.0532. The highest BCUT2D eigenvalue weighted by Gasteiger charge is 2.24. The predicted octanol–water partition coefficient (Wildman–Crippen LogP) is 0.675. The summed E-state index contributed by atoms with van der Waals surface area (Å²) < 4.78 is 0. The van der Waals surface area contributed by atoms with Crippen molar-refractivity contribution in [2.75, 3.05) is 6.54 Å². The normalized spacial score (nSPS) is 26.9. The fourth-order valence-electron chi connectivity index (χ4n) is 1.11. The van der Waals surface area contributed by atoms with Gasteiger partial charge in [-0.05, 0) is 26.8 Å². The van der Waals surface area contributed by atoms with E-state index in [4.69, 9.17) is 0 Å². The minimum absolute atomic E-state index is 0.126. The Kier molecular flexibility index (Phi) is 2.11. The van der Waals surface area contributed by atoms with E-state index in [0.29, 0.717) is 0 Å². The van der Waals surface area contributed by atoms with Crippen molar-refractivity contribution in [1.29, 1.82) is 0 Å². The highest BCUT2D eigenvalue weighted by Crippen LogP contribution is 2.12. The number of hydrogen-bond donors (Lipinski definition) is 2. The summed E-state index contributed by atoms with van der Waals surface area (Å²) in [5.41, 5.74) is -0.628. The lowest BCUT2D eigenvalue weighted by Gasteiger charge is -2.29. The summed E-state index contributed by atoms with van der Waals surface area (Å²) in [5, 5.41) is 12.8. The second kappa shape index (κ2) is 2.72. The molecule has 0 aromatic rings. The molecule has 2 N–H and O–H groups in total. The molecule has 1 rings (SSSR count). The average molecular weight is 141 g/mol. The number of hydrogen-bond acceptors (Lipinski definition) is 2. The Labute approximate surface area is 61.9 Å². The van der Waals surface area contributed by atoms with Crippen LogP contribution < -0.4 is 5.32 Å². The van der Waals surface area contributed by atoms with Crippen molar-refractivity contribution >= 4 is 0 Å². The third-order valence-electron chi connectivity index (χ3n) is 1.76. The van der Waals surface area contributed by atoms with E-state index in [2.05, 4.69) is 11.4 Å². The first-order valence-corrected chi connectivity index (χ1v) is 3.73. The third-order valence-corrected chi connectivity index (χ3v) is 1.76. The highest BCUT2D eigenvalue weighted by atomic mass is 16.3. The Morgan fingerprint density at radius 3 is 2.60 bits per heavy atom. The first-order valence-electron chi connectivity index (χ1n) is 3.73. The largest absolute Gasteiger partial charge is 0.389 e. The Morgan fingerprint density at radius 2 is 2.30 bits per heavy atom. The van der Waals surface area contributed by atoms with Gasteiger partial charge in [-0.25, -0.2) is 0 Å². The molecule has 1 unspecified atom stereocenters. The monoisotopic (exact) mass is 141 g/mol. The minimum Gasteiger partial charge on any atom is -0.389 e. The van der Waals surface area contributed by atoms with Crippen molar-refractivity contribution in [3.63, 3.8) is 0 Å². The molecule has 0 aromatic heterocycles. The Hall–Kier alpha value is -0.340. The zero-order valence-corrected chi connectivity index (χ0v) is 6.59. The summed E-state index contributed by atoms with van der Waals surface area (Å²) in [6.07, 6.45) is 5.22. The molecule has 1 atom stereocenters. The van der Waals surface area contributed by atoms with Gasteiger partial charge in [0, 0.05) is 0 Å². The van der Waals surface area contributed by atoms with Crippen LogP contribution in [0.1, 0.15) is 20.3 Å². The number of aliphatic hydroxyl groups is 1. The van der Waals surface area contributed by atoms with E-state index >= 15 is 0 Å². The maximum Gasteiger partial charge on any atom is 0.0779 e. The molecular formula is C8H15NO. The van der Waals surface area contributed by atoms with Crippen LogP contribution in [-0.4, -0.2) is 23.3 Å². The van der Waals surface area contributed by atoms with Gasteiger partial charge in [-0.3, -0.25) is 0 Å². The molecule has 0 saturated carbocycles. The summed E-state index contributed by atoms with van der Waals surface area (Å²) in [4.78, 5) is 0. The van der Waals surface area contributed by atoms with Crippen LogP contribution in [0.5, 0.6) is 0 Å². The fourth-order valence-corrected chi connectivity index (χ4v) is 1.11. The maximum atomic E-state index is 9.53. The third kappa shape index (κ3) is 1.82. The smallest absolute Gasteiger partial charge is 0.0779 e. The molecule has 0 fully saturated rings. The van der Waals surface area contributed by atoms with Gasteiger partial charge in [0.25, 0.3) is 0 Å². The van der Waals surface area contributed by atoms with Crippen molar-refractivity contribution < 1.29 is 5.11 Å². The predicted molar refractivity (Wildman–Crippen MR) is 41.8 cm³/mol. The Bertz CT molecular complexity index is 135. The van der Waals surface area contributed by atoms with E-state index in [-0.39, 0.29) is 6.04 Å². The molecule has 0 radical (unpaired) electrons. The van der Waals surface area contributed by atoms with Crippen LogP contribution in [0.15, 0.2) is 12.2 Å². The highest BCUT2D eigenvalue weighted by molar-refractivity contribution is 5.04. The van der Waals surface area contributed by atoms with E-state index in [1.54, 1.807) is 0 Å². The lowest BCUT2D eigenvalue weighted by atomic mass is 9.96. The SMILES string of the molecule is CC(C)(O)C1C=CCCN1. The first-order chi connectivity index (χ1) is 4.61. The van der Waals surface area contributed by atoms with E-state index in [1.807, 2.05) is 19.9 Å². The van der Waals surface area contributed by atoms with Gasteiger partial charge in [-0.1, -0.05) is 12.2 Å². The molecule has 2 heteroatoms. The summed E-state index contributed by atoms with van der Waals surface area (Å²) >= 11 is 0. The van der Waals surface area contributed by atoms with Crippen LogP contribution in [0.4, 0.5) is 0 Å². The molecule has 0 amide bonds. The molecule has 2 nitrogen and oxygen atoms in total. The minimum atomic E-state index is -0.628. The van der Waals surface area contributed by atoms with Crippen molar-refractivity contribution in [1.82, 2.24) is 5.32 Å². The van der Waals surface area contributed by atoms with Crippen molar-refractivity contribution in [2.45, 2.75) is 31.9 Å². The summed E-state index contributed by atoms with van der Waals surface area (Å²) in [6, 6.07) is 0.126. The average Bonchev–Trinajstić information content (AvgIpc) is 1.88. The second-order valence-corrected chi connectivity index (χ2v) is 3.30. The molecule has 0 saturated heterocycles. The van der Waals surface area contributed by atoms with Gasteiger partial charge in [0.15, 0.2) is 0 Å². The van der Waals surface area contributed by atoms with Gasteiger partial charge in [0.05, 0.1) is 11.6 Å². The van der Waals surface area contributed by atoms with Gasteiger partial charge in [0.2, 0.25) is 0 Å². The van der Waals surface area contributed by atoms with Crippen molar-refractivity contribution in [3.8, 4) is 0 Å². The topological polar surface area (TPSA) is 32.3 Å². The molecule has 0 bridgehead atoms. The van der Waals surface area contributed by atoms with Crippen LogP contribution in [-0.2, 0) is 0 Å². The van der Waals surface area contributed by atoms with Crippen molar-refractivity contribution in [2.24, 2.45) is 0 Å². The molecule has 1 heterocycles. The maximum absolute atomic E-state index is 9.53. The molecule has 0 spiro atoms. The summed E-state index contributed by atoms with van der Waals surface area (Å²) in [5.74, 6) is 0. The molecule has 58 valence electrons. The van der Waals surface area contributed by atoms with Gasteiger partial charge in [-0.2, -0.15) is 0 Å². The quantitative estimate of drug-likeness (QED) is 0.526. The van der Waals surface area contributed by atoms with Crippen LogP contribution in [0.3, 0.4) is 0 Å². The molecule has 1 aliphatic heterocycles. The van der Waals surface area contributed by atoms with E-state index in [9.17, 15) is 5.11 Å². The number of rotatable bonds is 1. The van der Waals surface area contributed by atoms with Gasteiger partial charge >= 0.3 is 0 Å². The van der Waals surface area contributed by atoms with E-state index in [0.717, 1.165) is 13.0 Å². The molecule has 0 aliphatic carbocycles. The molecule has 1 aliphatic rings. The zero-order chi connectivity index (χ0) is 7.61. The zero-order valence-electron chi connectivity index (χ0n) is 6.59. The lowest BCUT2D eigenvalue weighted by Crippen LogP contribution is -2.47.